The fourth-order valence-electron chi connectivity index (χ4n) is 3.15. The SMILES string of the molecule is CN(Cc1cnccn1)S(=O)(=O)[C@H]1CCCN(C(=O)c2cccc(Cl)c2)C1. The normalized spacial score (nSPS) is 17.9. The van der Waals surface area contributed by atoms with Crippen LogP contribution in [0, 0.1) is 0 Å². The molecule has 0 saturated carbocycles. The number of amides is 1. The van der Waals surface area contributed by atoms with Gasteiger partial charge < -0.3 is 4.90 Å². The summed E-state index contributed by atoms with van der Waals surface area (Å²) >= 11 is 5.96. The summed E-state index contributed by atoms with van der Waals surface area (Å²) in [6, 6.07) is 6.69. The highest BCUT2D eigenvalue weighted by atomic mass is 35.5. The first-order valence-electron chi connectivity index (χ1n) is 8.63. The molecule has 0 aliphatic carbocycles. The number of hydrogen-bond donors (Lipinski definition) is 0. The van der Waals surface area contributed by atoms with E-state index >= 15 is 0 Å². The predicted octanol–water partition coefficient (Wildman–Crippen LogP) is 2.20. The van der Waals surface area contributed by atoms with Crippen molar-refractivity contribution in [3.8, 4) is 0 Å². The average molecular weight is 409 g/mol. The summed E-state index contributed by atoms with van der Waals surface area (Å²) < 4.78 is 27.2. The van der Waals surface area contributed by atoms with Crippen LogP contribution >= 0.6 is 11.6 Å². The molecule has 2 heterocycles. The highest BCUT2D eigenvalue weighted by molar-refractivity contribution is 7.89. The third-order valence-electron chi connectivity index (χ3n) is 4.59. The standard InChI is InChI=1S/C18H21ClN4O3S/c1-22(12-16-11-20-7-8-21-16)27(25,26)17-6-3-9-23(13-17)18(24)14-4-2-5-15(19)10-14/h2,4-5,7-8,10-11,17H,3,6,9,12-13H2,1H3/t17-/m0/s1. The second-order valence-electron chi connectivity index (χ2n) is 6.52. The molecule has 144 valence electrons. The van der Waals surface area contributed by atoms with Crippen LogP contribution < -0.4 is 0 Å². The Hall–Kier alpha value is -2.03. The number of carbonyl (C=O) groups excluding carboxylic acids is 1. The first kappa shape index (κ1) is 19.7. The van der Waals surface area contributed by atoms with Gasteiger partial charge in [-0.3, -0.25) is 14.8 Å². The molecule has 1 saturated heterocycles. The molecule has 0 unspecified atom stereocenters. The molecular weight excluding hydrogens is 388 g/mol. The molecule has 27 heavy (non-hydrogen) atoms. The van der Waals surface area contributed by atoms with Gasteiger partial charge in [0, 0.05) is 49.3 Å². The maximum absolute atomic E-state index is 13.0. The molecule has 3 rings (SSSR count). The number of nitrogens with zero attached hydrogens (tertiary/aromatic N) is 4. The van der Waals surface area contributed by atoms with Crippen molar-refractivity contribution in [2.24, 2.45) is 0 Å². The van der Waals surface area contributed by atoms with E-state index in [2.05, 4.69) is 9.97 Å². The number of piperidine rings is 1. The molecule has 2 aromatic rings. The smallest absolute Gasteiger partial charge is 0.253 e. The quantitative estimate of drug-likeness (QED) is 0.757. The minimum atomic E-state index is -3.57. The molecule has 0 spiro atoms. The van der Waals surface area contributed by atoms with Crippen molar-refractivity contribution < 1.29 is 13.2 Å². The number of sulfonamides is 1. The largest absolute Gasteiger partial charge is 0.337 e. The number of hydrogen-bond acceptors (Lipinski definition) is 5. The number of likely N-dealkylation sites (tertiary alicyclic amines) is 1. The maximum Gasteiger partial charge on any atom is 0.253 e. The number of halogens is 1. The average Bonchev–Trinajstić information content (AvgIpc) is 2.68. The van der Waals surface area contributed by atoms with Crippen LogP contribution in [0.3, 0.4) is 0 Å². The van der Waals surface area contributed by atoms with Crippen molar-refractivity contribution in [3.63, 3.8) is 0 Å². The monoisotopic (exact) mass is 408 g/mol. The molecule has 1 atom stereocenters. The van der Waals surface area contributed by atoms with Gasteiger partial charge in [0.25, 0.3) is 5.91 Å². The van der Waals surface area contributed by atoms with Crippen LogP contribution in [0.25, 0.3) is 0 Å². The van der Waals surface area contributed by atoms with Crippen LogP contribution in [0.4, 0.5) is 0 Å². The molecule has 0 N–H and O–H groups in total. The van der Waals surface area contributed by atoms with Crippen molar-refractivity contribution in [3.05, 3.63) is 59.1 Å². The molecule has 1 aliphatic heterocycles. The first-order valence-corrected chi connectivity index (χ1v) is 10.5. The fraction of sp³-hybridized carbons (Fsp3) is 0.389. The lowest BCUT2D eigenvalue weighted by molar-refractivity contribution is 0.0725. The summed E-state index contributed by atoms with van der Waals surface area (Å²) in [7, 11) is -2.04. The van der Waals surface area contributed by atoms with Gasteiger partial charge in [-0.1, -0.05) is 17.7 Å². The van der Waals surface area contributed by atoms with E-state index in [-0.39, 0.29) is 19.0 Å². The van der Waals surface area contributed by atoms with Crippen molar-refractivity contribution in [2.45, 2.75) is 24.6 Å². The van der Waals surface area contributed by atoms with Gasteiger partial charge >= 0.3 is 0 Å². The maximum atomic E-state index is 13.0. The van der Waals surface area contributed by atoms with Gasteiger partial charge in [0.2, 0.25) is 10.0 Å². The zero-order chi connectivity index (χ0) is 19.4. The van der Waals surface area contributed by atoms with Gasteiger partial charge in [-0.2, -0.15) is 4.31 Å². The van der Waals surface area contributed by atoms with E-state index in [1.807, 2.05) is 0 Å². The van der Waals surface area contributed by atoms with Crippen LogP contribution in [-0.2, 0) is 16.6 Å². The van der Waals surface area contributed by atoms with E-state index in [0.717, 1.165) is 0 Å². The third-order valence-corrected chi connectivity index (χ3v) is 7.05. The van der Waals surface area contributed by atoms with Crippen LogP contribution in [-0.4, -0.2) is 58.9 Å². The Bertz CT molecular complexity index is 908. The number of benzene rings is 1. The molecule has 1 aromatic heterocycles. The zero-order valence-corrected chi connectivity index (χ0v) is 16.5. The van der Waals surface area contributed by atoms with Crippen LogP contribution in [0.5, 0.6) is 0 Å². The van der Waals surface area contributed by atoms with Crippen LogP contribution in [0.1, 0.15) is 28.9 Å². The summed E-state index contributed by atoms with van der Waals surface area (Å²) in [4.78, 5) is 22.4. The minimum absolute atomic E-state index is 0.148. The molecule has 0 radical (unpaired) electrons. The van der Waals surface area contributed by atoms with Gasteiger partial charge in [0.15, 0.2) is 0 Å². The molecule has 1 aromatic carbocycles. The summed E-state index contributed by atoms with van der Waals surface area (Å²) in [5, 5.41) is -0.165. The van der Waals surface area contributed by atoms with Crippen molar-refractivity contribution >= 4 is 27.5 Å². The van der Waals surface area contributed by atoms with E-state index in [4.69, 9.17) is 11.6 Å². The first-order chi connectivity index (χ1) is 12.9. The van der Waals surface area contributed by atoms with Gasteiger partial charge in [-0.05, 0) is 31.0 Å². The Kier molecular flexibility index (Phi) is 6.08. The lowest BCUT2D eigenvalue weighted by atomic mass is 10.1. The Morgan fingerprint density at radius 3 is 2.89 bits per heavy atom. The van der Waals surface area contributed by atoms with E-state index < -0.39 is 15.3 Å². The molecule has 1 amide bonds. The van der Waals surface area contributed by atoms with Crippen molar-refractivity contribution in [1.29, 1.82) is 0 Å². The molecule has 0 bridgehead atoms. The Labute approximate surface area is 164 Å². The molecule has 9 heteroatoms. The topological polar surface area (TPSA) is 83.5 Å². The predicted molar refractivity (Wildman–Crippen MR) is 103 cm³/mol. The van der Waals surface area contributed by atoms with E-state index in [1.54, 1.807) is 41.6 Å². The summed E-state index contributed by atoms with van der Waals surface area (Å²) in [5.74, 6) is -0.200. The lowest BCUT2D eigenvalue weighted by Crippen LogP contribution is -2.48. The van der Waals surface area contributed by atoms with E-state index in [0.29, 0.717) is 35.7 Å². The van der Waals surface area contributed by atoms with Gasteiger partial charge in [-0.15, -0.1) is 0 Å². The van der Waals surface area contributed by atoms with Crippen LogP contribution in [0.2, 0.25) is 5.02 Å². The number of carbonyl (C=O) groups is 1. The number of rotatable bonds is 5. The molecule has 7 nitrogen and oxygen atoms in total. The third kappa shape index (κ3) is 4.63. The highest BCUT2D eigenvalue weighted by Crippen LogP contribution is 2.23. The van der Waals surface area contributed by atoms with Gasteiger partial charge in [0.1, 0.15) is 0 Å². The Balaban J connectivity index is 1.71. The summed E-state index contributed by atoms with van der Waals surface area (Å²) in [6.45, 7) is 0.846. The van der Waals surface area contributed by atoms with E-state index in [9.17, 15) is 13.2 Å². The van der Waals surface area contributed by atoms with E-state index in [1.165, 1.54) is 17.5 Å². The van der Waals surface area contributed by atoms with Gasteiger partial charge in [0.05, 0.1) is 17.5 Å². The second-order valence-corrected chi connectivity index (χ2v) is 9.28. The molecule has 1 aliphatic rings. The number of aromatic nitrogens is 2. The Morgan fingerprint density at radius 1 is 1.37 bits per heavy atom. The van der Waals surface area contributed by atoms with Crippen molar-refractivity contribution in [1.82, 2.24) is 19.2 Å². The summed E-state index contributed by atoms with van der Waals surface area (Å²) in [6.07, 6.45) is 5.77. The highest BCUT2D eigenvalue weighted by Gasteiger charge is 2.35. The fourth-order valence-corrected chi connectivity index (χ4v) is 5.00. The summed E-state index contributed by atoms with van der Waals surface area (Å²) in [5.41, 5.74) is 1.04. The minimum Gasteiger partial charge on any atom is -0.337 e. The molecule has 1 fully saturated rings. The molecular formula is C18H21ClN4O3S. The van der Waals surface area contributed by atoms with Gasteiger partial charge in [-0.25, -0.2) is 8.42 Å². The second kappa shape index (κ2) is 8.33. The Morgan fingerprint density at radius 2 is 2.19 bits per heavy atom. The van der Waals surface area contributed by atoms with Crippen molar-refractivity contribution in [2.75, 3.05) is 20.1 Å². The zero-order valence-electron chi connectivity index (χ0n) is 15.0. The van der Waals surface area contributed by atoms with Crippen LogP contribution in [0.15, 0.2) is 42.9 Å². The lowest BCUT2D eigenvalue weighted by Gasteiger charge is -2.34.